The zero-order chi connectivity index (χ0) is 47.4. The number of benzene rings is 6. The molecule has 0 saturated carbocycles. The van der Waals surface area contributed by atoms with Crippen LogP contribution in [0.1, 0.15) is 10.4 Å². The van der Waals surface area contributed by atoms with Gasteiger partial charge >= 0.3 is 0 Å². The van der Waals surface area contributed by atoms with Crippen molar-refractivity contribution in [2.45, 2.75) is 6.54 Å². The molecule has 0 unspecified atom stereocenters. The average molecular weight is 928 g/mol. The fraction of sp³-hybridized carbons (Fsp3) is 0.0250. The minimum Gasteiger partial charge on any atom is -0.287 e. The van der Waals surface area contributed by atoms with Crippen LogP contribution in [0.25, 0.3) is 10.8 Å². The Labute approximate surface area is 342 Å². The highest BCUT2D eigenvalue weighted by atomic mass is 19.2. The van der Waals surface area contributed by atoms with Crippen molar-refractivity contribution in [3.05, 3.63) is 189 Å². The highest BCUT2D eigenvalue weighted by molar-refractivity contribution is 7.20. The van der Waals surface area contributed by atoms with Crippen LogP contribution in [0.2, 0.25) is 0 Å². The van der Waals surface area contributed by atoms with Crippen LogP contribution in [0.15, 0.2) is 67.3 Å². The van der Waals surface area contributed by atoms with Crippen molar-refractivity contribution in [2.75, 3.05) is 0 Å². The lowest BCUT2D eigenvalue weighted by Crippen LogP contribution is -2.81. The van der Waals surface area contributed by atoms with Gasteiger partial charge in [0, 0.05) is 5.56 Å². The standard InChI is InChI=1S/C24BF20.C16H13N2O/c26-5-1(6(27)14(35)21(42)13(5)34)25(2-7(28)15(36)22(43)16(37)8(2)29,3-9(30)17(38)23(44)18(39)10(3)31)4-11(32)19(40)24(45)20(41)12(4)33;19-16(12-18-10-8-17-9-11-18)15-7-3-5-13-4-1-2-6-14(13)15/h;1-11H,12H2/q-1;+1. The summed E-state index contributed by atoms with van der Waals surface area (Å²) < 4.78 is 296. The first-order chi connectivity index (χ1) is 30.0. The van der Waals surface area contributed by atoms with Crippen LogP contribution in [0.3, 0.4) is 0 Å². The molecule has 1 heterocycles. The van der Waals surface area contributed by atoms with Crippen molar-refractivity contribution < 1.29 is 97.2 Å². The summed E-state index contributed by atoms with van der Waals surface area (Å²) in [5, 5.41) is 2.10. The van der Waals surface area contributed by atoms with Gasteiger partial charge in [-0.3, -0.25) is 9.78 Å². The number of carbonyl (C=O) groups is 1. The molecule has 0 fully saturated rings. The van der Waals surface area contributed by atoms with Gasteiger partial charge < -0.3 is 0 Å². The average Bonchev–Trinajstić information content (AvgIpc) is 3.29. The van der Waals surface area contributed by atoms with Crippen molar-refractivity contribution >= 4 is 44.6 Å². The number of aromatic nitrogens is 2. The molecule has 0 aliphatic carbocycles. The van der Waals surface area contributed by atoms with Gasteiger partial charge in [-0.25, -0.2) is 87.8 Å². The van der Waals surface area contributed by atoms with Crippen molar-refractivity contribution in [3.63, 3.8) is 0 Å². The second kappa shape index (κ2) is 17.3. The molecule has 0 aliphatic heterocycles. The molecule has 0 bridgehead atoms. The Balaban J connectivity index is 0.000000295. The predicted molar refractivity (Wildman–Crippen MR) is 182 cm³/mol. The third-order valence-electron chi connectivity index (χ3n) is 9.81. The smallest absolute Gasteiger partial charge is 0.228 e. The van der Waals surface area contributed by atoms with Gasteiger partial charge in [-0.2, -0.15) is 4.57 Å². The number of halogens is 20. The second-order valence-electron chi connectivity index (χ2n) is 13.2. The third-order valence-corrected chi connectivity index (χ3v) is 9.81. The van der Waals surface area contributed by atoms with E-state index in [2.05, 4.69) is 4.98 Å². The Hall–Kier alpha value is -7.01. The largest absolute Gasteiger partial charge is 0.287 e. The van der Waals surface area contributed by atoms with Crippen LogP contribution >= 0.6 is 0 Å². The van der Waals surface area contributed by atoms with Gasteiger partial charge in [0.15, 0.2) is 82.2 Å². The lowest BCUT2D eigenvalue weighted by Gasteiger charge is -2.44. The van der Waals surface area contributed by atoms with E-state index < -0.39 is 144 Å². The summed E-state index contributed by atoms with van der Waals surface area (Å²) in [4.78, 5) is 16.3. The molecule has 0 N–H and O–H groups in total. The topological polar surface area (TPSA) is 33.8 Å². The van der Waals surface area contributed by atoms with Crippen molar-refractivity contribution in [1.82, 2.24) is 4.98 Å². The van der Waals surface area contributed by atoms with Gasteiger partial charge in [-0.05, 0) is 10.8 Å². The Morgan fingerprint density at radius 2 is 0.672 bits per heavy atom. The van der Waals surface area contributed by atoms with Gasteiger partial charge in [0.1, 0.15) is 52.7 Å². The monoisotopic (exact) mass is 928 g/mol. The fourth-order valence-corrected chi connectivity index (χ4v) is 7.05. The molecule has 7 rings (SSSR count). The van der Waals surface area contributed by atoms with E-state index in [4.69, 9.17) is 0 Å². The maximum atomic E-state index is 15.4. The minimum atomic E-state index is -7.22. The Morgan fingerprint density at radius 3 is 1.00 bits per heavy atom. The first kappa shape index (κ1) is 46.5. The van der Waals surface area contributed by atoms with E-state index in [1.165, 1.54) is 0 Å². The normalized spacial score (nSPS) is 11.6. The van der Waals surface area contributed by atoms with Crippen LogP contribution in [-0.2, 0) is 6.54 Å². The predicted octanol–water partition coefficient (Wildman–Crippen LogP) is 8.25. The van der Waals surface area contributed by atoms with Crippen molar-refractivity contribution in [1.29, 1.82) is 0 Å². The molecular weight excluding hydrogens is 915 g/mol. The molecule has 6 aromatic carbocycles. The van der Waals surface area contributed by atoms with Gasteiger partial charge in [0.2, 0.25) is 12.3 Å². The zero-order valence-corrected chi connectivity index (χ0v) is 30.5. The molecule has 7 aromatic rings. The quantitative estimate of drug-likeness (QED) is 0.0404. The molecule has 0 atom stereocenters. The second-order valence-corrected chi connectivity index (χ2v) is 13.2. The van der Waals surface area contributed by atoms with E-state index in [0.29, 0.717) is 6.54 Å². The number of Topliss-reactive ketones (excluding diaryl/α,β-unsaturated/α-hetero) is 1. The molecule has 0 spiro atoms. The lowest BCUT2D eigenvalue weighted by atomic mass is 9.12. The summed E-state index contributed by atoms with van der Waals surface area (Å²) in [6.07, 6.45) is -0.274. The van der Waals surface area contributed by atoms with E-state index in [1.807, 2.05) is 47.0 Å². The third kappa shape index (κ3) is 7.13. The van der Waals surface area contributed by atoms with Crippen LogP contribution in [0, 0.1) is 116 Å². The molecule has 0 aliphatic rings. The number of carbonyl (C=O) groups excluding carboxylic acids is 1. The zero-order valence-electron chi connectivity index (χ0n) is 30.5. The van der Waals surface area contributed by atoms with Gasteiger partial charge in [-0.15, -0.1) is 21.9 Å². The molecule has 332 valence electrons. The van der Waals surface area contributed by atoms with Crippen molar-refractivity contribution in [3.8, 4) is 0 Å². The highest BCUT2D eigenvalue weighted by Gasteiger charge is 2.52. The maximum absolute atomic E-state index is 15.4. The van der Waals surface area contributed by atoms with Gasteiger partial charge in [-0.1, -0.05) is 42.5 Å². The number of rotatable bonds is 7. The van der Waals surface area contributed by atoms with Crippen LogP contribution in [0.5, 0.6) is 0 Å². The van der Waals surface area contributed by atoms with E-state index in [0.717, 1.165) is 16.3 Å². The number of hydrogen-bond donors (Lipinski definition) is 0. The minimum absolute atomic E-state index is 0.105. The summed E-state index contributed by atoms with van der Waals surface area (Å²) in [6, 6.07) is 13.8. The summed E-state index contributed by atoms with van der Waals surface area (Å²) in [5.74, 6) is -71.3. The Kier molecular flexibility index (Phi) is 12.6. The Morgan fingerprint density at radius 1 is 0.391 bits per heavy atom. The molecule has 0 radical (unpaired) electrons. The molecule has 64 heavy (non-hydrogen) atoms. The number of hydrogen-bond acceptors (Lipinski definition) is 2. The number of ketones is 1. The van der Waals surface area contributed by atoms with Crippen LogP contribution in [0.4, 0.5) is 87.8 Å². The molecule has 1 aromatic heterocycles. The molecule has 24 heteroatoms. The van der Waals surface area contributed by atoms with Gasteiger partial charge in [0.05, 0.1) is 12.4 Å². The SMILES string of the molecule is Fc1c(F)c(F)c([B-](c2c(F)c(F)c(F)c(F)c2F)(c2c(F)c(F)c(F)c(F)c2F)c2c(F)c(F)c(F)c(F)c2F)c(F)c1F.O=C(C[n+]1ccncc1)c1cccc2ccccc12. The summed E-state index contributed by atoms with van der Waals surface area (Å²) in [6.45, 7) is 0.330. The van der Waals surface area contributed by atoms with Crippen LogP contribution < -0.4 is 26.4 Å². The fourth-order valence-electron chi connectivity index (χ4n) is 7.05. The van der Waals surface area contributed by atoms with Crippen LogP contribution in [-0.4, -0.2) is 16.9 Å². The van der Waals surface area contributed by atoms with E-state index >= 15 is 35.1 Å². The van der Waals surface area contributed by atoms with Crippen molar-refractivity contribution in [2.24, 2.45) is 0 Å². The molecule has 3 nitrogen and oxygen atoms in total. The molecule has 0 saturated heterocycles. The summed E-state index contributed by atoms with van der Waals surface area (Å²) in [7, 11) is 0. The Bertz CT molecular complexity index is 2670. The molecular formula is C40H13BF20N2O. The summed E-state index contributed by atoms with van der Waals surface area (Å²) >= 11 is 0. The molecule has 0 amide bonds. The first-order valence-electron chi connectivity index (χ1n) is 17.1. The number of fused-ring (bicyclic) bond motifs is 1. The summed E-state index contributed by atoms with van der Waals surface area (Å²) in [5.41, 5.74) is -13.6. The van der Waals surface area contributed by atoms with Gasteiger partial charge in [0.25, 0.3) is 0 Å². The van der Waals surface area contributed by atoms with E-state index in [-0.39, 0.29) is 5.78 Å². The van der Waals surface area contributed by atoms with E-state index in [9.17, 15) is 57.5 Å². The van der Waals surface area contributed by atoms with E-state index in [1.54, 1.807) is 24.8 Å². The number of nitrogens with zero attached hydrogens (tertiary/aromatic N) is 2. The first-order valence-corrected chi connectivity index (χ1v) is 17.1. The highest BCUT2D eigenvalue weighted by Crippen LogP contribution is 2.31. The lowest BCUT2D eigenvalue weighted by molar-refractivity contribution is -0.683. The maximum Gasteiger partial charge on any atom is 0.228 e.